The molecule has 0 saturated heterocycles. The lowest BCUT2D eigenvalue weighted by Gasteiger charge is -2.30. The molecule has 0 amide bonds. The van der Waals surface area contributed by atoms with Gasteiger partial charge in [0, 0.05) is 6.04 Å². The Hall–Kier alpha value is -0.340. The topological polar surface area (TPSA) is 12.0 Å². The van der Waals surface area contributed by atoms with Crippen LogP contribution in [0.2, 0.25) is 0 Å². The molecule has 3 rings (SSSR count). The van der Waals surface area contributed by atoms with E-state index < -0.39 is 0 Å². The second-order valence-electron chi connectivity index (χ2n) is 5.57. The Balaban J connectivity index is 1.67. The predicted molar refractivity (Wildman–Crippen MR) is 69.8 cm³/mol. The van der Waals surface area contributed by atoms with Gasteiger partial charge in [-0.05, 0) is 72.9 Å². The third-order valence-electron chi connectivity index (χ3n) is 4.72. The van der Waals surface area contributed by atoms with E-state index >= 15 is 0 Å². The molecule has 0 radical (unpaired) electrons. The third kappa shape index (κ3) is 1.93. The second kappa shape index (κ2) is 4.50. The molecule has 1 aromatic heterocycles. The van der Waals surface area contributed by atoms with Crippen LogP contribution >= 0.6 is 11.3 Å². The largest absolute Gasteiger partial charge is 0.316 e. The molecule has 0 aliphatic heterocycles. The minimum atomic E-state index is 0.713. The van der Waals surface area contributed by atoms with Crippen LogP contribution in [0.4, 0.5) is 0 Å². The smallest absolute Gasteiger partial charge is 0.0136 e. The van der Waals surface area contributed by atoms with Crippen LogP contribution in [-0.2, 0) is 6.42 Å². The van der Waals surface area contributed by atoms with Crippen LogP contribution in [0.5, 0.6) is 0 Å². The Kier molecular flexibility index (Phi) is 3.03. The van der Waals surface area contributed by atoms with Crippen LogP contribution in [-0.4, -0.2) is 13.1 Å². The summed E-state index contributed by atoms with van der Waals surface area (Å²) >= 11 is 1.82. The molecule has 88 valence electrons. The number of nitrogens with one attached hydrogen (secondary N) is 1. The Morgan fingerprint density at radius 2 is 2.38 bits per heavy atom. The molecular formula is C14H21NS. The summed E-state index contributed by atoms with van der Waals surface area (Å²) in [6, 6.07) is 2.99. The summed E-state index contributed by atoms with van der Waals surface area (Å²) in [7, 11) is 2.14. The standard InChI is InChI=1S/C14H21NS/c1-15-14(8-11-4-5-16-9-11)13-7-10-2-3-12(13)6-10/h4-5,9-10,12-15H,2-3,6-8H2,1H3. The molecule has 1 N–H and O–H groups in total. The molecule has 2 heteroatoms. The number of likely N-dealkylation sites (N-methyl/N-ethyl adjacent to an activating group) is 1. The molecule has 0 aromatic carbocycles. The second-order valence-corrected chi connectivity index (χ2v) is 6.35. The lowest BCUT2D eigenvalue weighted by atomic mass is 9.81. The fourth-order valence-corrected chi connectivity index (χ4v) is 4.60. The van der Waals surface area contributed by atoms with Crippen LogP contribution in [0.25, 0.3) is 0 Å². The zero-order chi connectivity index (χ0) is 11.0. The minimum Gasteiger partial charge on any atom is -0.316 e. The molecule has 4 unspecified atom stereocenters. The quantitative estimate of drug-likeness (QED) is 0.844. The average molecular weight is 235 g/mol. The molecule has 0 spiro atoms. The van der Waals surface area contributed by atoms with Crippen molar-refractivity contribution in [3.63, 3.8) is 0 Å². The molecule has 2 aliphatic rings. The van der Waals surface area contributed by atoms with Gasteiger partial charge in [-0.25, -0.2) is 0 Å². The SMILES string of the molecule is CNC(Cc1ccsc1)C1CC2CCC1C2. The lowest BCUT2D eigenvalue weighted by molar-refractivity contribution is 0.255. The first-order chi connectivity index (χ1) is 7.86. The zero-order valence-corrected chi connectivity index (χ0v) is 10.8. The fraction of sp³-hybridized carbons (Fsp3) is 0.714. The summed E-state index contributed by atoms with van der Waals surface area (Å²) in [5.74, 6) is 3.04. The van der Waals surface area contributed by atoms with Crippen molar-refractivity contribution in [2.45, 2.75) is 38.1 Å². The van der Waals surface area contributed by atoms with E-state index in [9.17, 15) is 0 Å². The van der Waals surface area contributed by atoms with E-state index in [1.807, 2.05) is 11.3 Å². The zero-order valence-electron chi connectivity index (χ0n) is 9.99. The van der Waals surface area contributed by atoms with Gasteiger partial charge in [0.1, 0.15) is 0 Å². The van der Waals surface area contributed by atoms with Crippen molar-refractivity contribution in [3.8, 4) is 0 Å². The summed E-state index contributed by atoms with van der Waals surface area (Å²) in [6.07, 6.45) is 7.24. The van der Waals surface area contributed by atoms with Crippen molar-refractivity contribution < 1.29 is 0 Å². The van der Waals surface area contributed by atoms with Gasteiger partial charge in [0.25, 0.3) is 0 Å². The van der Waals surface area contributed by atoms with Crippen molar-refractivity contribution >= 4 is 11.3 Å². The number of hydrogen-bond donors (Lipinski definition) is 1. The third-order valence-corrected chi connectivity index (χ3v) is 5.45. The van der Waals surface area contributed by atoms with Crippen molar-refractivity contribution in [1.82, 2.24) is 5.32 Å². The van der Waals surface area contributed by atoms with Crippen LogP contribution in [0.3, 0.4) is 0 Å². The molecule has 1 heterocycles. The first-order valence-electron chi connectivity index (χ1n) is 6.55. The van der Waals surface area contributed by atoms with Crippen LogP contribution in [0, 0.1) is 17.8 Å². The molecule has 2 bridgehead atoms. The summed E-state index contributed by atoms with van der Waals surface area (Å²) < 4.78 is 0. The molecule has 1 aromatic rings. The summed E-state index contributed by atoms with van der Waals surface area (Å²) in [5.41, 5.74) is 1.52. The van der Waals surface area contributed by atoms with E-state index in [0.29, 0.717) is 6.04 Å². The van der Waals surface area contributed by atoms with Gasteiger partial charge in [0.2, 0.25) is 0 Å². The van der Waals surface area contributed by atoms with E-state index in [2.05, 4.69) is 29.2 Å². The maximum Gasteiger partial charge on any atom is 0.0136 e. The number of fused-ring (bicyclic) bond motifs is 2. The number of thiophene rings is 1. The average Bonchev–Trinajstić information content (AvgIpc) is 3.02. The lowest BCUT2D eigenvalue weighted by Crippen LogP contribution is -2.38. The highest BCUT2D eigenvalue weighted by Gasteiger charge is 2.42. The van der Waals surface area contributed by atoms with Crippen LogP contribution in [0.15, 0.2) is 16.8 Å². The molecule has 2 aliphatic carbocycles. The van der Waals surface area contributed by atoms with Gasteiger partial charge in [-0.15, -0.1) is 0 Å². The first kappa shape index (κ1) is 10.8. The Bertz CT molecular complexity index is 333. The van der Waals surface area contributed by atoms with Gasteiger partial charge >= 0.3 is 0 Å². The summed E-state index contributed by atoms with van der Waals surface area (Å²) in [6.45, 7) is 0. The van der Waals surface area contributed by atoms with Gasteiger partial charge in [-0.1, -0.05) is 6.42 Å². The predicted octanol–water partition coefficient (Wildman–Crippen LogP) is 3.31. The monoisotopic (exact) mass is 235 g/mol. The Morgan fingerprint density at radius 3 is 2.94 bits per heavy atom. The van der Waals surface area contributed by atoms with Crippen molar-refractivity contribution in [2.75, 3.05) is 7.05 Å². The highest BCUT2D eigenvalue weighted by atomic mass is 32.1. The molecule has 4 atom stereocenters. The van der Waals surface area contributed by atoms with Crippen molar-refractivity contribution in [3.05, 3.63) is 22.4 Å². The van der Waals surface area contributed by atoms with Gasteiger partial charge in [-0.3, -0.25) is 0 Å². The molecule has 2 saturated carbocycles. The van der Waals surface area contributed by atoms with Crippen LogP contribution in [0.1, 0.15) is 31.2 Å². The normalized spacial score (nSPS) is 34.4. The van der Waals surface area contributed by atoms with Crippen LogP contribution < -0.4 is 5.32 Å². The van der Waals surface area contributed by atoms with Gasteiger partial charge in [0.15, 0.2) is 0 Å². The maximum atomic E-state index is 3.57. The number of rotatable bonds is 4. The highest BCUT2D eigenvalue weighted by molar-refractivity contribution is 7.07. The van der Waals surface area contributed by atoms with Gasteiger partial charge in [0.05, 0.1) is 0 Å². The molecule has 1 nitrogen and oxygen atoms in total. The van der Waals surface area contributed by atoms with E-state index in [4.69, 9.17) is 0 Å². The summed E-state index contributed by atoms with van der Waals surface area (Å²) in [5, 5.41) is 8.07. The highest BCUT2D eigenvalue weighted by Crippen LogP contribution is 2.49. The van der Waals surface area contributed by atoms with E-state index in [-0.39, 0.29) is 0 Å². The summed E-state index contributed by atoms with van der Waals surface area (Å²) in [4.78, 5) is 0. The minimum absolute atomic E-state index is 0.713. The Morgan fingerprint density at radius 1 is 1.44 bits per heavy atom. The fourth-order valence-electron chi connectivity index (χ4n) is 3.92. The molecule has 16 heavy (non-hydrogen) atoms. The van der Waals surface area contributed by atoms with Gasteiger partial charge < -0.3 is 5.32 Å². The van der Waals surface area contributed by atoms with E-state index in [1.54, 1.807) is 0 Å². The molecular weight excluding hydrogens is 214 g/mol. The molecule has 2 fully saturated rings. The van der Waals surface area contributed by atoms with Crippen molar-refractivity contribution in [2.24, 2.45) is 17.8 Å². The Labute approximate surface area is 102 Å². The first-order valence-corrected chi connectivity index (χ1v) is 7.49. The maximum absolute atomic E-state index is 3.57. The van der Waals surface area contributed by atoms with E-state index in [1.165, 1.54) is 37.7 Å². The van der Waals surface area contributed by atoms with Crippen molar-refractivity contribution in [1.29, 1.82) is 0 Å². The number of hydrogen-bond acceptors (Lipinski definition) is 2. The van der Waals surface area contributed by atoms with E-state index in [0.717, 1.165) is 17.8 Å². The van der Waals surface area contributed by atoms with Gasteiger partial charge in [-0.2, -0.15) is 11.3 Å².